The second-order valence-electron chi connectivity index (χ2n) is 9.77. The van der Waals surface area contributed by atoms with Crippen molar-refractivity contribution in [3.63, 3.8) is 0 Å². The van der Waals surface area contributed by atoms with Crippen molar-refractivity contribution in [3.8, 4) is 17.2 Å². The molecule has 8 heteroatoms. The molecule has 194 valence electrons. The molecule has 1 amide bonds. The van der Waals surface area contributed by atoms with Gasteiger partial charge in [-0.1, -0.05) is 19.9 Å². The van der Waals surface area contributed by atoms with Crippen molar-refractivity contribution in [1.29, 1.82) is 0 Å². The first-order valence-electron chi connectivity index (χ1n) is 12.1. The van der Waals surface area contributed by atoms with Gasteiger partial charge in [0.25, 0.3) is 11.7 Å². The molecular formula is C28H36N2O6. The molecule has 2 N–H and O–H groups in total. The Hall–Kier alpha value is -3.52. The lowest BCUT2D eigenvalue weighted by molar-refractivity contribution is -0.139. The molecule has 2 aromatic rings. The molecule has 0 aliphatic carbocycles. The summed E-state index contributed by atoms with van der Waals surface area (Å²) in [6.45, 7) is 7.61. The Labute approximate surface area is 212 Å². The minimum atomic E-state index is -0.821. The monoisotopic (exact) mass is 496 g/mol. The van der Waals surface area contributed by atoms with Crippen molar-refractivity contribution < 1.29 is 29.3 Å². The molecular weight excluding hydrogens is 460 g/mol. The summed E-state index contributed by atoms with van der Waals surface area (Å²) < 4.78 is 11.1. The number of aliphatic hydroxyl groups is 1. The predicted octanol–water partition coefficient (Wildman–Crippen LogP) is 4.12. The first-order chi connectivity index (χ1) is 17.0. The van der Waals surface area contributed by atoms with Gasteiger partial charge in [-0.3, -0.25) is 9.59 Å². The molecule has 1 atom stereocenters. The van der Waals surface area contributed by atoms with Gasteiger partial charge in [-0.15, -0.1) is 0 Å². The first-order valence-corrected chi connectivity index (χ1v) is 12.1. The van der Waals surface area contributed by atoms with Crippen LogP contribution >= 0.6 is 0 Å². The number of phenols is 1. The molecule has 0 bridgehead atoms. The molecule has 2 aromatic carbocycles. The van der Waals surface area contributed by atoms with E-state index in [2.05, 4.69) is 13.8 Å². The number of hydrogen-bond acceptors (Lipinski definition) is 7. The largest absolute Gasteiger partial charge is 0.507 e. The van der Waals surface area contributed by atoms with Crippen LogP contribution in [0.5, 0.6) is 17.2 Å². The normalized spacial score (nSPS) is 17.3. The number of Topliss-reactive ketones (excluding diaryl/α,β-unsaturated/α-hetero) is 1. The van der Waals surface area contributed by atoms with Gasteiger partial charge < -0.3 is 29.5 Å². The fourth-order valence-electron chi connectivity index (χ4n) is 4.25. The molecule has 0 unspecified atom stereocenters. The van der Waals surface area contributed by atoms with E-state index >= 15 is 0 Å². The topological polar surface area (TPSA) is 99.5 Å². The van der Waals surface area contributed by atoms with Crippen LogP contribution < -0.4 is 9.47 Å². The standard InChI is InChI=1S/C28H36N2O6/c1-17(2)16-36-22-11-9-20(14-18(22)3)26(32)24-25(19-8-10-21(31)23(15-19)35-6)30(28(34)27(24)33)13-7-12-29(4)5/h8-11,14-15,17,25,31-32H,7,12-13,16H2,1-6H3/t25-/m0/s1. The van der Waals surface area contributed by atoms with Gasteiger partial charge in [0, 0.05) is 12.1 Å². The van der Waals surface area contributed by atoms with Gasteiger partial charge in [-0.05, 0) is 81.4 Å². The second kappa shape index (κ2) is 11.5. The number of hydrogen-bond donors (Lipinski definition) is 2. The average Bonchev–Trinajstić information content (AvgIpc) is 3.07. The number of nitrogens with zero attached hydrogens (tertiary/aromatic N) is 2. The molecule has 1 heterocycles. The van der Waals surface area contributed by atoms with Crippen molar-refractivity contribution in [3.05, 3.63) is 58.7 Å². The molecule has 1 fully saturated rings. The van der Waals surface area contributed by atoms with E-state index in [0.717, 1.165) is 12.1 Å². The molecule has 0 spiro atoms. The first kappa shape index (κ1) is 27.1. The fraction of sp³-hybridized carbons (Fsp3) is 0.429. The molecule has 0 aromatic heterocycles. The number of benzene rings is 2. The van der Waals surface area contributed by atoms with Crippen molar-refractivity contribution in [2.24, 2.45) is 5.92 Å². The summed E-state index contributed by atoms with van der Waals surface area (Å²) in [5.74, 6) is -0.438. The fourth-order valence-corrected chi connectivity index (χ4v) is 4.25. The lowest BCUT2D eigenvalue weighted by Crippen LogP contribution is -2.32. The van der Waals surface area contributed by atoms with Gasteiger partial charge in [0.2, 0.25) is 0 Å². The van der Waals surface area contributed by atoms with Gasteiger partial charge in [-0.2, -0.15) is 0 Å². The van der Waals surface area contributed by atoms with Crippen LogP contribution in [-0.2, 0) is 9.59 Å². The number of phenolic OH excluding ortho intramolecular Hbond substituents is 1. The Balaban J connectivity index is 2.09. The number of methoxy groups -OCH3 is 1. The van der Waals surface area contributed by atoms with E-state index in [9.17, 15) is 19.8 Å². The summed E-state index contributed by atoms with van der Waals surface area (Å²) in [6, 6.07) is 9.06. The van der Waals surface area contributed by atoms with E-state index in [0.29, 0.717) is 42.4 Å². The molecule has 1 saturated heterocycles. The molecule has 1 aliphatic heterocycles. The Morgan fingerprint density at radius 3 is 2.44 bits per heavy atom. The van der Waals surface area contributed by atoms with E-state index in [1.807, 2.05) is 25.9 Å². The summed E-state index contributed by atoms with van der Waals surface area (Å²) in [5.41, 5.74) is 1.80. The van der Waals surface area contributed by atoms with Gasteiger partial charge in [0.1, 0.15) is 11.5 Å². The molecule has 3 rings (SSSR count). The number of likely N-dealkylation sites (tertiary alicyclic amines) is 1. The summed E-state index contributed by atoms with van der Waals surface area (Å²) in [5, 5.41) is 21.4. The maximum absolute atomic E-state index is 13.2. The van der Waals surface area contributed by atoms with Gasteiger partial charge in [0.15, 0.2) is 11.5 Å². The quantitative estimate of drug-likeness (QED) is 0.290. The number of amides is 1. The maximum Gasteiger partial charge on any atom is 0.295 e. The zero-order valence-corrected chi connectivity index (χ0v) is 21.9. The van der Waals surface area contributed by atoms with Crippen LogP contribution in [0, 0.1) is 12.8 Å². The van der Waals surface area contributed by atoms with Crippen LogP contribution in [0.2, 0.25) is 0 Å². The highest BCUT2D eigenvalue weighted by atomic mass is 16.5. The third-order valence-corrected chi connectivity index (χ3v) is 6.08. The number of aromatic hydroxyl groups is 1. The number of ether oxygens (including phenoxy) is 2. The van der Waals surface area contributed by atoms with Crippen molar-refractivity contribution in [2.45, 2.75) is 33.2 Å². The van der Waals surface area contributed by atoms with E-state index in [4.69, 9.17) is 9.47 Å². The molecule has 1 aliphatic rings. The Kier molecular flexibility index (Phi) is 8.63. The van der Waals surface area contributed by atoms with Gasteiger partial charge in [-0.25, -0.2) is 0 Å². The van der Waals surface area contributed by atoms with Crippen molar-refractivity contribution >= 4 is 17.4 Å². The summed E-state index contributed by atoms with van der Waals surface area (Å²) >= 11 is 0. The molecule has 8 nitrogen and oxygen atoms in total. The van der Waals surface area contributed by atoms with Gasteiger partial charge in [0.05, 0.1) is 25.3 Å². The summed E-state index contributed by atoms with van der Waals surface area (Å²) in [7, 11) is 5.30. The van der Waals surface area contributed by atoms with E-state index in [1.54, 1.807) is 30.3 Å². The van der Waals surface area contributed by atoms with Crippen LogP contribution in [-0.4, -0.2) is 72.6 Å². The van der Waals surface area contributed by atoms with Crippen molar-refractivity contribution in [2.75, 3.05) is 40.9 Å². The Morgan fingerprint density at radius 2 is 1.83 bits per heavy atom. The number of carbonyl (C=O) groups excluding carboxylic acids is 2. The maximum atomic E-state index is 13.2. The number of aryl methyl sites for hydroxylation is 1. The van der Waals surface area contributed by atoms with E-state index < -0.39 is 17.7 Å². The van der Waals surface area contributed by atoms with Gasteiger partial charge >= 0.3 is 0 Å². The zero-order valence-electron chi connectivity index (χ0n) is 21.9. The number of rotatable bonds is 10. The van der Waals surface area contributed by atoms with Crippen LogP contribution in [0.4, 0.5) is 0 Å². The molecule has 0 radical (unpaired) electrons. The highest BCUT2D eigenvalue weighted by molar-refractivity contribution is 6.46. The highest BCUT2D eigenvalue weighted by Crippen LogP contribution is 2.42. The Bertz CT molecular complexity index is 1150. The van der Waals surface area contributed by atoms with E-state index in [-0.39, 0.29) is 22.8 Å². The zero-order chi connectivity index (χ0) is 26.6. The predicted molar refractivity (Wildman–Crippen MR) is 138 cm³/mol. The lowest BCUT2D eigenvalue weighted by atomic mass is 9.94. The number of aliphatic hydroxyl groups excluding tert-OH is 1. The van der Waals surface area contributed by atoms with Crippen LogP contribution in [0.1, 0.15) is 43.0 Å². The average molecular weight is 497 g/mol. The van der Waals surface area contributed by atoms with Crippen LogP contribution in [0.3, 0.4) is 0 Å². The third kappa shape index (κ3) is 5.82. The smallest absolute Gasteiger partial charge is 0.295 e. The van der Waals surface area contributed by atoms with E-state index in [1.165, 1.54) is 18.1 Å². The summed E-state index contributed by atoms with van der Waals surface area (Å²) in [4.78, 5) is 29.8. The second-order valence-corrected chi connectivity index (χ2v) is 9.77. The minimum absolute atomic E-state index is 0.00726. The van der Waals surface area contributed by atoms with Crippen LogP contribution in [0.25, 0.3) is 5.76 Å². The Morgan fingerprint density at radius 1 is 1.11 bits per heavy atom. The summed E-state index contributed by atoms with van der Waals surface area (Å²) in [6.07, 6.45) is 0.646. The SMILES string of the molecule is COc1cc([C@H]2C(=C(O)c3ccc(OCC(C)C)c(C)c3)C(=O)C(=O)N2CCCN(C)C)ccc1O. The third-order valence-electron chi connectivity index (χ3n) is 6.08. The van der Waals surface area contributed by atoms with Crippen molar-refractivity contribution in [1.82, 2.24) is 9.80 Å². The lowest BCUT2D eigenvalue weighted by Gasteiger charge is -2.26. The number of ketones is 1. The number of carbonyl (C=O) groups is 2. The minimum Gasteiger partial charge on any atom is -0.507 e. The molecule has 36 heavy (non-hydrogen) atoms. The highest BCUT2D eigenvalue weighted by Gasteiger charge is 2.46. The van der Waals surface area contributed by atoms with Crippen LogP contribution in [0.15, 0.2) is 42.0 Å². The molecule has 0 saturated carbocycles.